The molecule has 1 heterocycles. The molecule has 1 aromatic carbocycles. The third-order valence-electron chi connectivity index (χ3n) is 3.76. The van der Waals surface area contributed by atoms with Crippen LogP contribution < -0.4 is 5.32 Å². The lowest BCUT2D eigenvalue weighted by Crippen LogP contribution is -2.36. The Balaban J connectivity index is 1.75. The fourth-order valence-corrected chi connectivity index (χ4v) is 2.47. The molecule has 130 valence electrons. The van der Waals surface area contributed by atoms with Crippen LogP contribution in [0.3, 0.4) is 0 Å². The van der Waals surface area contributed by atoms with Crippen molar-refractivity contribution >= 4 is 5.91 Å². The third-order valence-corrected chi connectivity index (χ3v) is 3.76. The van der Waals surface area contributed by atoms with Crippen molar-refractivity contribution in [2.24, 2.45) is 0 Å². The van der Waals surface area contributed by atoms with Crippen LogP contribution in [0.25, 0.3) is 0 Å². The topological polar surface area (TPSA) is 50.2 Å². The number of hydrogen-bond acceptors (Lipinski definition) is 3. The molecule has 2 aromatic rings. The van der Waals surface area contributed by atoms with E-state index >= 15 is 0 Å². The summed E-state index contributed by atoms with van der Waals surface area (Å²) in [5.41, 5.74) is 2.40. The van der Waals surface area contributed by atoms with Crippen molar-refractivity contribution in [3.05, 3.63) is 53.6 Å². The van der Waals surface area contributed by atoms with Crippen molar-refractivity contribution in [2.75, 3.05) is 20.1 Å². The largest absolute Gasteiger partial charge is 0.355 e. The maximum atomic E-state index is 12.8. The SMILES string of the molecule is Cc1ccccc1CCNC(=O)CN(C)Cc1nccn1C(F)F. The van der Waals surface area contributed by atoms with Gasteiger partial charge in [0.15, 0.2) is 0 Å². The summed E-state index contributed by atoms with van der Waals surface area (Å²) >= 11 is 0. The number of benzene rings is 1. The summed E-state index contributed by atoms with van der Waals surface area (Å²) in [4.78, 5) is 17.5. The van der Waals surface area contributed by atoms with Gasteiger partial charge in [0.1, 0.15) is 5.82 Å². The van der Waals surface area contributed by atoms with E-state index < -0.39 is 6.55 Å². The van der Waals surface area contributed by atoms with Gasteiger partial charge >= 0.3 is 6.55 Å². The quantitative estimate of drug-likeness (QED) is 0.805. The minimum absolute atomic E-state index is 0.129. The van der Waals surface area contributed by atoms with E-state index in [0.717, 1.165) is 11.0 Å². The minimum Gasteiger partial charge on any atom is -0.355 e. The van der Waals surface area contributed by atoms with Gasteiger partial charge < -0.3 is 5.32 Å². The van der Waals surface area contributed by atoms with Gasteiger partial charge in [0.25, 0.3) is 0 Å². The molecule has 7 heteroatoms. The molecule has 0 unspecified atom stereocenters. The Labute approximate surface area is 140 Å². The molecule has 24 heavy (non-hydrogen) atoms. The fourth-order valence-electron chi connectivity index (χ4n) is 2.47. The minimum atomic E-state index is -2.63. The maximum absolute atomic E-state index is 12.8. The second kappa shape index (κ2) is 8.54. The number of alkyl halides is 2. The Morgan fingerprint density at radius 3 is 2.83 bits per heavy atom. The maximum Gasteiger partial charge on any atom is 0.319 e. The van der Waals surface area contributed by atoms with Crippen LogP contribution >= 0.6 is 0 Å². The predicted molar refractivity (Wildman–Crippen MR) is 87.7 cm³/mol. The standard InChI is InChI=1S/C17H22F2N4O/c1-13-5-3-4-6-14(13)7-8-21-16(24)12-22(2)11-15-20-9-10-23(15)17(18)19/h3-6,9-10,17H,7-8,11-12H2,1-2H3,(H,21,24). The highest BCUT2D eigenvalue weighted by Gasteiger charge is 2.14. The van der Waals surface area contributed by atoms with Crippen LogP contribution in [-0.4, -0.2) is 40.5 Å². The number of carbonyl (C=O) groups is 1. The molecule has 1 N–H and O–H groups in total. The first-order valence-electron chi connectivity index (χ1n) is 7.77. The highest BCUT2D eigenvalue weighted by Crippen LogP contribution is 2.13. The molecule has 0 bridgehead atoms. The number of halogens is 2. The highest BCUT2D eigenvalue weighted by molar-refractivity contribution is 5.77. The summed E-state index contributed by atoms with van der Waals surface area (Å²) < 4.78 is 26.3. The number of aromatic nitrogens is 2. The van der Waals surface area contributed by atoms with E-state index in [4.69, 9.17) is 0 Å². The second-order valence-electron chi connectivity index (χ2n) is 5.73. The van der Waals surface area contributed by atoms with Crippen LogP contribution in [0, 0.1) is 6.92 Å². The Bertz CT molecular complexity index is 672. The molecule has 0 aliphatic carbocycles. The Morgan fingerprint density at radius 1 is 1.38 bits per heavy atom. The number of imidazole rings is 1. The normalized spacial score (nSPS) is 11.2. The molecule has 0 saturated carbocycles. The lowest BCUT2D eigenvalue weighted by Gasteiger charge is -2.17. The average Bonchev–Trinajstić information content (AvgIpc) is 2.97. The van der Waals surface area contributed by atoms with E-state index in [0.29, 0.717) is 6.54 Å². The Morgan fingerprint density at radius 2 is 2.12 bits per heavy atom. The molecule has 0 saturated heterocycles. The fraction of sp³-hybridized carbons (Fsp3) is 0.412. The summed E-state index contributed by atoms with van der Waals surface area (Å²) in [5, 5.41) is 2.85. The lowest BCUT2D eigenvalue weighted by atomic mass is 10.1. The summed E-state index contributed by atoms with van der Waals surface area (Å²) in [6.07, 6.45) is 3.33. The molecule has 2 rings (SSSR count). The van der Waals surface area contributed by atoms with Crippen molar-refractivity contribution in [3.8, 4) is 0 Å². The molecule has 0 radical (unpaired) electrons. The van der Waals surface area contributed by atoms with Crippen molar-refractivity contribution in [1.29, 1.82) is 0 Å². The zero-order chi connectivity index (χ0) is 17.5. The van der Waals surface area contributed by atoms with Gasteiger partial charge in [0.2, 0.25) is 5.91 Å². The number of carbonyl (C=O) groups excluding carboxylic acids is 1. The first-order chi connectivity index (χ1) is 11.5. The zero-order valence-corrected chi connectivity index (χ0v) is 13.9. The molecule has 0 fully saturated rings. The third kappa shape index (κ3) is 5.13. The van der Waals surface area contributed by atoms with Crippen LogP contribution in [0.2, 0.25) is 0 Å². The molecule has 0 aliphatic rings. The first kappa shape index (κ1) is 18.1. The smallest absolute Gasteiger partial charge is 0.319 e. The van der Waals surface area contributed by atoms with Crippen molar-refractivity contribution < 1.29 is 13.6 Å². The Hall–Kier alpha value is -2.28. The number of nitrogens with zero attached hydrogens (tertiary/aromatic N) is 3. The number of amides is 1. The number of aryl methyl sites for hydroxylation is 1. The number of likely N-dealkylation sites (N-methyl/N-ethyl adjacent to an activating group) is 1. The van der Waals surface area contributed by atoms with Crippen molar-refractivity contribution in [3.63, 3.8) is 0 Å². The molecule has 5 nitrogen and oxygen atoms in total. The van der Waals surface area contributed by atoms with Gasteiger partial charge in [-0.15, -0.1) is 0 Å². The second-order valence-corrected chi connectivity index (χ2v) is 5.73. The summed E-state index contributed by atoms with van der Waals surface area (Å²) in [6, 6.07) is 8.03. The van der Waals surface area contributed by atoms with Gasteiger partial charge in [-0.2, -0.15) is 8.78 Å². The molecular weight excluding hydrogens is 314 g/mol. The van der Waals surface area contributed by atoms with Gasteiger partial charge in [0.05, 0.1) is 13.1 Å². The number of hydrogen-bond donors (Lipinski definition) is 1. The molecule has 1 aromatic heterocycles. The Kier molecular flexibility index (Phi) is 6.43. The zero-order valence-electron chi connectivity index (χ0n) is 13.9. The van der Waals surface area contributed by atoms with Crippen LogP contribution in [0.4, 0.5) is 8.78 Å². The predicted octanol–water partition coefficient (Wildman–Crippen LogP) is 2.38. The van der Waals surface area contributed by atoms with E-state index in [2.05, 4.69) is 10.3 Å². The summed E-state index contributed by atoms with van der Waals surface area (Å²) in [7, 11) is 1.70. The van der Waals surface area contributed by atoms with E-state index in [-0.39, 0.29) is 24.8 Å². The van der Waals surface area contributed by atoms with E-state index in [1.165, 1.54) is 23.5 Å². The van der Waals surface area contributed by atoms with E-state index in [9.17, 15) is 13.6 Å². The number of nitrogens with one attached hydrogen (secondary N) is 1. The van der Waals surface area contributed by atoms with E-state index in [1.54, 1.807) is 11.9 Å². The average molecular weight is 336 g/mol. The van der Waals surface area contributed by atoms with Gasteiger partial charge in [-0.05, 0) is 31.5 Å². The van der Waals surface area contributed by atoms with Gasteiger partial charge in [0, 0.05) is 18.9 Å². The molecule has 0 atom stereocenters. The van der Waals surface area contributed by atoms with Gasteiger partial charge in [-0.25, -0.2) is 4.98 Å². The number of rotatable bonds is 8. The highest BCUT2D eigenvalue weighted by atomic mass is 19.3. The van der Waals surface area contributed by atoms with E-state index in [1.807, 2.05) is 31.2 Å². The van der Waals surface area contributed by atoms with Crippen LogP contribution in [0.5, 0.6) is 0 Å². The van der Waals surface area contributed by atoms with Crippen LogP contribution in [0.15, 0.2) is 36.7 Å². The molecule has 0 aliphatic heterocycles. The molecular formula is C17H22F2N4O. The van der Waals surface area contributed by atoms with Crippen LogP contribution in [-0.2, 0) is 17.8 Å². The lowest BCUT2D eigenvalue weighted by molar-refractivity contribution is -0.122. The monoisotopic (exact) mass is 336 g/mol. The van der Waals surface area contributed by atoms with Crippen LogP contribution in [0.1, 0.15) is 23.5 Å². The van der Waals surface area contributed by atoms with Crippen molar-refractivity contribution in [1.82, 2.24) is 19.8 Å². The summed E-state index contributed by atoms with van der Waals surface area (Å²) in [5.74, 6) is 0.0986. The first-order valence-corrected chi connectivity index (χ1v) is 7.77. The van der Waals surface area contributed by atoms with Crippen molar-refractivity contribution in [2.45, 2.75) is 26.4 Å². The van der Waals surface area contributed by atoms with Gasteiger partial charge in [-0.3, -0.25) is 14.3 Å². The molecule has 1 amide bonds. The summed E-state index contributed by atoms with van der Waals surface area (Å²) in [6.45, 7) is 0.268. The van der Waals surface area contributed by atoms with Gasteiger partial charge in [-0.1, -0.05) is 24.3 Å². The molecule has 0 spiro atoms.